The molecule has 82 valence electrons. The largest absolute Gasteiger partial charge is 0.506 e. The molecule has 2 aromatic rings. The highest BCUT2D eigenvalue weighted by atomic mass is 32.2. The van der Waals surface area contributed by atoms with E-state index in [1.165, 1.54) is 30.3 Å². The van der Waals surface area contributed by atoms with Gasteiger partial charge in [0.1, 0.15) is 5.75 Å². The van der Waals surface area contributed by atoms with Gasteiger partial charge in [-0.25, -0.2) is 8.42 Å². The highest BCUT2D eigenvalue weighted by Crippen LogP contribution is 2.35. The molecule has 2 rings (SSSR count). The van der Waals surface area contributed by atoms with Gasteiger partial charge < -0.3 is 5.11 Å². The van der Waals surface area contributed by atoms with Crippen molar-refractivity contribution in [2.75, 3.05) is 0 Å². The summed E-state index contributed by atoms with van der Waals surface area (Å²) in [6.45, 7) is 0. The van der Waals surface area contributed by atoms with Crippen LogP contribution in [-0.4, -0.2) is 13.5 Å². The summed E-state index contributed by atoms with van der Waals surface area (Å²) in [7, 11) is -2.66. The van der Waals surface area contributed by atoms with E-state index in [1.807, 2.05) is 0 Å². The maximum Gasteiger partial charge on any atom is 0.168 e. The van der Waals surface area contributed by atoms with E-state index in [9.17, 15) is 18.4 Å². The number of fused-ring (bicyclic) bond motifs is 1. The Morgan fingerprint density at radius 1 is 1.12 bits per heavy atom. The number of phenolic OH excluding ortho intramolecular Hbond substituents is 1. The average molecular weight is 237 g/mol. The number of benzene rings is 2. The number of hydrogen-bond donors (Lipinski definition) is 2. The standard InChI is InChI=1S/C10H7NO4S/c12-9-4-1-6-5-7(16(14)15)2-3-8(6)10(9)11-13/h1-5,12,16H. The summed E-state index contributed by atoms with van der Waals surface area (Å²) in [5.74, 6) is -0.221. The molecule has 0 aliphatic heterocycles. The number of phenols is 1. The fraction of sp³-hybridized carbons (Fsp3) is 0. The van der Waals surface area contributed by atoms with Gasteiger partial charge in [-0.3, -0.25) is 0 Å². The van der Waals surface area contributed by atoms with Crippen molar-refractivity contribution in [3.05, 3.63) is 35.2 Å². The van der Waals surface area contributed by atoms with Gasteiger partial charge in [0.25, 0.3) is 0 Å². The minimum Gasteiger partial charge on any atom is -0.506 e. The second kappa shape index (κ2) is 3.90. The molecule has 0 amide bonds. The van der Waals surface area contributed by atoms with E-state index >= 15 is 0 Å². The van der Waals surface area contributed by atoms with E-state index < -0.39 is 10.7 Å². The Morgan fingerprint density at radius 3 is 2.50 bits per heavy atom. The Bertz CT molecular complexity index is 641. The molecule has 0 radical (unpaired) electrons. The molecular formula is C10H7NO4S. The van der Waals surface area contributed by atoms with E-state index in [0.717, 1.165) is 0 Å². The van der Waals surface area contributed by atoms with Gasteiger partial charge in [-0.05, 0) is 28.8 Å². The van der Waals surface area contributed by atoms with Gasteiger partial charge >= 0.3 is 0 Å². The Hall–Kier alpha value is -1.95. The fourth-order valence-electron chi connectivity index (χ4n) is 1.50. The molecule has 0 fully saturated rings. The van der Waals surface area contributed by atoms with Crippen LogP contribution in [-0.2, 0) is 10.7 Å². The lowest BCUT2D eigenvalue weighted by atomic mass is 10.1. The Labute approximate surface area is 92.3 Å². The molecule has 0 aliphatic rings. The number of aromatic hydroxyl groups is 1. The molecule has 0 aliphatic carbocycles. The number of nitroso groups, excluding NO2 is 1. The molecule has 16 heavy (non-hydrogen) atoms. The summed E-state index contributed by atoms with van der Waals surface area (Å²) >= 11 is 0. The predicted octanol–water partition coefficient (Wildman–Crippen LogP) is 1.91. The molecule has 0 atom stereocenters. The lowest BCUT2D eigenvalue weighted by Crippen LogP contribution is -1.81. The van der Waals surface area contributed by atoms with Crippen LogP contribution < -0.4 is 0 Å². The third-order valence-electron chi connectivity index (χ3n) is 2.26. The molecule has 0 bridgehead atoms. The SMILES string of the molecule is O=Nc1c(O)ccc2cc([SH](=O)=O)ccc12. The van der Waals surface area contributed by atoms with E-state index in [-0.39, 0.29) is 16.3 Å². The second-order valence-electron chi connectivity index (χ2n) is 3.19. The first kappa shape index (κ1) is 10.6. The van der Waals surface area contributed by atoms with E-state index in [4.69, 9.17) is 0 Å². The number of nitrogens with zero attached hydrogens (tertiary/aromatic N) is 1. The van der Waals surface area contributed by atoms with Gasteiger partial charge in [-0.2, -0.15) is 0 Å². The van der Waals surface area contributed by atoms with Crippen LogP contribution in [0.1, 0.15) is 0 Å². The van der Waals surface area contributed by atoms with E-state index in [1.54, 1.807) is 0 Å². The van der Waals surface area contributed by atoms with Crippen molar-refractivity contribution in [1.82, 2.24) is 0 Å². The van der Waals surface area contributed by atoms with Gasteiger partial charge in [-0.1, -0.05) is 12.1 Å². The van der Waals surface area contributed by atoms with Crippen LogP contribution >= 0.6 is 0 Å². The molecule has 5 nitrogen and oxygen atoms in total. The van der Waals surface area contributed by atoms with Crippen LogP contribution in [0.4, 0.5) is 5.69 Å². The van der Waals surface area contributed by atoms with Crippen LogP contribution in [0.3, 0.4) is 0 Å². The number of rotatable bonds is 2. The molecule has 6 heteroatoms. The third-order valence-corrected chi connectivity index (χ3v) is 2.96. The van der Waals surface area contributed by atoms with Crippen molar-refractivity contribution in [3.63, 3.8) is 0 Å². The first-order valence-electron chi connectivity index (χ1n) is 4.37. The van der Waals surface area contributed by atoms with Gasteiger partial charge in [0, 0.05) is 5.39 Å². The fourth-order valence-corrected chi connectivity index (χ4v) is 1.94. The number of thiol groups is 1. The van der Waals surface area contributed by atoms with Gasteiger partial charge in [0.05, 0.1) is 4.90 Å². The predicted molar refractivity (Wildman–Crippen MR) is 59.6 cm³/mol. The summed E-state index contributed by atoms with van der Waals surface area (Å²) in [5, 5.41) is 13.1. The van der Waals surface area contributed by atoms with Crippen molar-refractivity contribution in [1.29, 1.82) is 0 Å². The topological polar surface area (TPSA) is 83.8 Å². The highest BCUT2D eigenvalue weighted by Gasteiger charge is 2.08. The van der Waals surface area contributed by atoms with Gasteiger partial charge in [-0.15, -0.1) is 4.91 Å². The maximum atomic E-state index is 10.8. The smallest absolute Gasteiger partial charge is 0.168 e. The molecular weight excluding hydrogens is 230 g/mol. The van der Waals surface area contributed by atoms with Crippen LogP contribution in [0.2, 0.25) is 0 Å². The normalized spacial score (nSPS) is 10.8. The van der Waals surface area contributed by atoms with Gasteiger partial charge in [0.15, 0.2) is 16.4 Å². The van der Waals surface area contributed by atoms with E-state index in [0.29, 0.717) is 10.8 Å². The summed E-state index contributed by atoms with van der Waals surface area (Å²) in [4.78, 5) is 10.7. The zero-order valence-electron chi connectivity index (χ0n) is 7.95. The molecule has 0 unspecified atom stereocenters. The zero-order chi connectivity index (χ0) is 11.7. The lowest BCUT2D eigenvalue weighted by Gasteiger charge is -2.02. The monoisotopic (exact) mass is 237 g/mol. The molecule has 0 saturated carbocycles. The van der Waals surface area contributed by atoms with Crippen LogP contribution in [0.15, 0.2) is 40.4 Å². The average Bonchev–Trinajstić information content (AvgIpc) is 2.28. The Kier molecular flexibility index (Phi) is 2.57. The van der Waals surface area contributed by atoms with Gasteiger partial charge in [0.2, 0.25) is 0 Å². The first-order valence-corrected chi connectivity index (χ1v) is 5.54. The Morgan fingerprint density at radius 2 is 1.88 bits per heavy atom. The summed E-state index contributed by atoms with van der Waals surface area (Å²) in [6.07, 6.45) is 0. The van der Waals surface area contributed by atoms with E-state index in [2.05, 4.69) is 5.18 Å². The summed E-state index contributed by atoms with van der Waals surface area (Å²) < 4.78 is 21.5. The minimum atomic E-state index is -2.66. The minimum absolute atomic E-state index is 0.0785. The Balaban J connectivity index is 2.83. The van der Waals surface area contributed by atoms with Crippen molar-refractivity contribution in [2.24, 2.45) is 5.18 Å². The van der Waals surface area contributed by atoms with Crippen molar-refractivity contribution in [3.8, 4) is 5.75 Å². The third kappa shape index (κ3) is 1.63. The van der Waals surface area contributed by atoms with Crippen LogP contribution in [0, 0.1) is 4.91 Å². The maximum absolute atomic E-state index is 10.8. The molecule has 0 aromatic heterocycles. The zero-order valence-corrected chi connectivity index (χ0v) is 8.85. The number of hydrogen-bond acceptors (Lipinski definition) is 5. The second-order valence-corrected chi connectivity index (χ2v) is 4.22. The lowest BCUT2D eigenvalue weighted by molar-refractivity contribution is 0.477. The van der Waals surface area contributed by atoms with Crippen molar-refractivity contribution < 1.29 is 13.5 Å². The summed E-state index contributed by atoms with van der Waals surface area (Å²) in [6, 6.07) is 7.08. The molecule has 0 saturated heterocycles. The quantitative estimate of drug-likeness (QED) is 0.617. The molecule has 0 heterocycles. The molecule has 1 N–H and O–H groups in total. The molecule has 2 aromatic carbocycles. The van der Waals surface area contributed by atoms with Crippen molar-refractivity contribution >= 4 is 27.2 Å². The van der Waals surface area contributed by atoms with Crippen molar-refractivity contribution in [2.45, 2.75) is 4.90 Å². The first-order chi connectivity index (χ1) is 7.63. The van der Waals surface area contributed by atoms with Crippen LogP contribution in [0.5, 0.6) is 5.75 Å². The highest BCUT2D eigenvalue weighted by molar-refractivity contribution is 7.72. The summed E-state index contributed by atoms with van der Waals surface area (Å²) in [5.41, 5.74) is -0.0785. The van der Waals surface area contributed by atoms with Crippen LogP contribution in [0.25, 0.3) is 10.8 Å². The molecule has 0 spiro atoms.